The Balaban J connectivity index is 0.00000144. The van der Waals surface area contributed by atoms with E-state index in [1.165, 1.54) is 0 Å². The zero-order chi connectivity index (χ0) is 9.35. The Morgan fingerprint density at radius 1 is 1.15 bits per heavy atom. The first-order chi connectivity index (χ1) is 5.41. The van der Waals surface area contributed by atoms with Gasteiger partial charge in [-0.2, -0.15) is 0 Å². The van der Waals surface area contributed by atoms with Crippen LogP contribution in [0.2, 0.25) is 5.02 Å². The van der Waals surface area contributed by atoms with E-state index >= 15 is 0 Å². The summed E-state index contributed by atoms with van der Waals surface area (Å²) in [5.41, 5.74) is -1.28. The summed E-state index contributed by atoms with van der Waals surface area (Å²) in [6, 6.07) is 2.35. The quantitative estimate of drug-likeness (QED) is 0.457. The zero-order valence-corrected chi connectivity index (χ0v) is 10.6. The van der Waals surface area contributed by atoms with Crippen LogP contribution in [0, 0.1) is 5.82 Å². The molecule has 0 saturated heterocycles. The average molecular weight is 236 g/mol. The van der Waals surface area contributed by atoms with Crippen LogP contribution in [0.1, 0.15) is 0 Å². The molecule has 0 saturated carbocycles. The largest absolute Gasteiger partial charge is 1.00 e. The minimum Gasteiger partial charge on any atom is -0.445 e. The summed E-state index contributed by atoms with van der Waals surface area (Å²) >= 11 is 5.27. The molecule has 0 heterocycles. The molecule has 0 amide bonds. The van der Waals surface area contributed by atoms with E-state index in [4.69, 9.17) is 11.6 Å². The topological polar surface area (TPSA) is 0 Å². The predicted molar refractivity (Wildman–Crippen MR) is 40.1 cm³/mol. The van der Waals surface area contributed by atoms with E-state index in [1.54, 1.807) is 0 Å². The minimum absolute atomic E-state index is 0. The van der Waals surface area contributed by atoms with Crippen LogP contribution in [0.5, 0.6) is 0 Å². The summed E-state index contributed by atoms with van der Waals surface area (Å²) in [5, 5.41) is -0.120. The Hall–Kier alpha value is 0.931. The molecule has 0 radical (unpaired) electrons. The van der Waals surface area contributed by atoms with Gasteiger partial charge in [0.2, 0.25) is 0 Å². The summed E-state index contributed by atoms with van der Waals surface area (Å²) in [7, 11) is 0. The molecule has 1 rings (SSSR count). The number of hydrogen-bond acceptors (Lipinski definition) is 0. The van der Waals surface area contributed by atoms with Crippen LogP contribution in [0.15, 0.2) is 18.2 Å². The standard InChI is InChI=1S/C6H3BClF4.K/c8-4-1-2-6(9)5(3-4)7(10,11)12;/h1-3H;/q-1;+1. The van der Waals surface area contributed by atoms with Gasteiger partial charge in [0, 0.05) is 5.02 Å². The Bertz CT molecular complexity index is 301. The Morgan fingerprint density at radius 2 is 1.69 bits per heavy atom. The maximum atomic E-state index is 12.5. The van der Waals surface area contributed by atoms with Crippen molar-refractivity contribution < 1.29 is 68.7 Å². The first-order valence-electron chi connectivity index (χ1n) is 3.06. The van der Waals surface area contributed by atoms with Crippen LogP contribution in [0.25, 0.3) is 0 Å². The molecule has 1 aromatic rings. The maximum absolute atomic E-state index is 12.5. The normalized spacial score (nSPS) is 10.8. The Kier molecular flexibility index (Phi) is 5.50. The predicted octanol–water partition coefficient (Wildman–Crippen LogP) is -0.463. The molecular formula is C6H3BClF4K. The maximum Gasteiger partial charge on any atom is 1.00 e. The van der Waals surface area contributed by atoms with Crippen molar-refractivity contribution >= 4 is 24.0 Å². The smallest absolute Gasteiger partial charge is 0.445 e. The van der Waals surface area contributed by atoms with Crippen molar-refractivity contribution in [1.82, 2.24) is 0 Å². The van der Waals surface area contributed by atoms with Crippen molar-refractivity contribution in [3.05, 3.63) is 29.0 Å². The molecular weight excluding hydrogens is 233 g/mol. The number of benzene rings is 1. The summed E-state index contributed by atoms with van der Waals surface area (Å²) in [5.74, 6) is -1.29. The van der Waals surface area contributed by atoms with Gasteiger partial charge in [0.15, 0.2) is 0 Å². The minimum atomic E-state index is -5.31. The van der Waals surface area contributed by atoms with Crippen LogP contribution in [-0.4, -0.2) is 6.98 Å². The first kappa shape index (κ1) is 13.9. The second-order valence-corrected chi connectivity index (χ2v) is 2.68. The Labute approximate surface area is 120 Å². The molecule has 1 aromatic carbocycles. The monoisotopic (exact) mass is 236 g/mol. The zero-order valence-electron chi connectivity index (χ0n) is 6.70. The first-order valence-corrected chi connectivity index (χ1v) is 3.44. The average Bonchev–Trinajstić information content (AvgIpc) is 1.92. The van der Waals surface area contributed by atoms with Gasteiger partial charge in [-0.25, -0.2) is 4.39 Å². The van der Waals surface area contributed by atoms with E-state index in [-0.39, 0.29) is 56.4 Å². The van der Waals surface area contributed by atoms with Crippen molar-refractivity contribution in [3.8, 4) is 0 Å². The van der Waals surface area contributed by atoms with Gasteiger partial charge in [-0.1, -0.05) is 23.1 Å². The fourth-order valence-corrected chi connectivity index (χ4v) is 0.946. The number of halogens is 5. The summed E-state index contributed by atoms with van der Waals surface area (Å²) < 4.78 is 48.5. The third kappa shape index (κ3) is 3.89. The molecule has 7 heteroatoms. The van der Waals surface area contributed by atoms with Crippen LogP contribution >= 0.6 is 11.6 Å². The van der Waals surface area contributed by atoms with E-state index in [9.17, 15) is 17.3 Å². The van der Waals surface area contributed by atoms with Crippen molar-refractivity contribution in [2.45, 2.75) is 0 Å². The van der Waals surface area contributed by atoms with Crippen LogP contribution in [-0.2, 0) is 0 Å². The number of rotatable bonds is 1. The molecule has 0 aliphatic heterocycles. The van der Waals surface area contributed by atoms with Gasteiger partial charge >= 0.3 is 58.4 Å². The molecule has 0 fully saturated rings. The van der Waals surface area contributed by atoms with Crippen molar-refractivity contribution in [3.63, 3.8) is 0 Å². The summed E-state index contributed by atoms with van der Waals surface area (Å²) in [4.78, 5) is 0. The van der Waals surface area contributed by atoms with Crippen molar-refractivity contribution in [2.24, 2.45) is 0 Å². The molecule has 0 aromatic heterocycles. The molecule has 0 aliphatic carbocycles. The SMILES string of the molecule is Fc1ccc(Cl)cc1[B-](F)(F)F.[K+]. The number of hydrogen-bond donors (Lipinski definition) is 0. The van der Waals surface area contributed by atoms with E-state index in [2.05, 4.69) is 0 Å². The summed E-state index contributed by atoms with van der Waals surface area (Å²) in [6.07, 6.45) is 0. The van der Waals surface area contributed by atoms with Crippen molar-refractivity contribution in [1.29, 1.82) is 0 Å². The van der Waals surface area contributed by atoms with Crippen LogP contribution in [0.3, 0.4) is 0 Å². The molecule has 0 unspecified atom stereocenters. The second kappa shape index (κ2) is 5.14. The van der Waals surface area contributed by atoms with Crippen molar-refractivity contribution in [2.75, 3.05) is 0 Å². The van der Waals surface area contributed by atoms with Gasteiger partial charge in [0.05, 0.1) is 5.82 Å². The van der Waals surface area contributed by atoms with E-state index in [0.29, 0.717) is 12.1 Å². The Morgan fingerprint density at radius 3 is 2.08 bits per heavy atom. The van der Waals surface area contributed by atoms with E-state index in [0.717, 1.165) is 6.07 Å². The van der Waals surface area contributed by atoms with E-state index in [1.807, 2.05) is 0 Å². The molecule has 0 bridgehead atoms. The molecule has 0 atom stereocenters. The third-order valence-electron chi connectivity index (χ3n) is 1.31. The molecule has 66 valence electrons. The third-order valence-corrected chi connectivity index (χ3v) is 1.55. The second-order valence-electron chi connectivity index (χ2n) is 2.24. The molecule has 0 aliphatic rings. The fraction of sp³-hybridized carbons (Fsp3) is 0. The molecule has 0 N–H and O–H groups in total. The van der Waals surface area contributed by atoms with Gasteiger partial charge in [-0.15, -0.1) is 0 Å². The summed E-state index contributed by atoms with van der Waals surface area (Å²) in [6.45, 7) is -5.31. The van der Waals surface area contributed by atoms with E-state index < -0.39 is 18.3 Å². The van der Waals surface area contributed by atoms with Crippen LogP contribution < -0.4 is 56.8 Å². The fourth-order valence-electron chi connectivity index (χ4n) is 0.765. The van der Waals surface area contributed by atoms with Crippen LogP contribution in [0.4, 0.5) is 17.3 Å². The molecule has 0 nitrogen and oxygen atoms in total. The molecule has 0 spiro atoms. The van der Waals surface area contributed by atoms with Gasteiger partial charge in [-0.3, -0.25) is 0 Å². The van der Waals surface area contributed by atoms with Gasteiger partial charge in [0.25, 0.3) is 0 Å². The van der Waals surface area contributed by atoms with Gasteiger partial charge < -0.3 is 12.9 Å². The molecule has 13 heavy (non-hydrogen) atoms. The van der Waals surface area contributed by atoms with Gasteiger partial charge in [0.1, 0.15) is 0 Å². The van der Waals surface area contributed by atoms with Gasteiger partial charge in [-0.05, 0) is 12.1 Å².